The van der Waals surface area contributed by atoms with Crippen LogP contribution in [0.15, 0.2) is 58.1 Å². The second-order valence-corrected chi connectivity index (χ2v) is 11.2. The van der Waals surface area contributed by atoms with Crippen molar-refractivity contribution in [3.05, 3.63) is 64.7 Å². The highest BCUT2D eigenvalue weighted by atomic mass is 32.3. The van der Waals surface area contributed by atoms with Crippen LogP contribution in [0.2, 0.25) is 0 Å². The van der Waals surface area contributed by atoms with Crippen LogP contribution in [0.1, 0.15) is 23.6 Å². The van der Waals surface area contributed by atoms with E-state index in [1.807, 2.05) is 32.0 Å². The molecule has 9 nitrogen and oxygen atoms in total. The van der Waals surface area contributed by atoms with Crippen LogP contribution in [0.3, 0.4) is 0 Å². The molecule has 0 aliphatic carbocycles. The lowest BCUT2D eigenvalue weighted by molar-refractivity contribution is -0.114. The second-order valence-electron chi connectivity index (χ2n) is 7.82. The van der Waals surface area contributed by atoms with E-state index in [1.54, 1.807) is 24.3 Å². The lowest BCUT2D eigenvalue weighted by Crippen LogP contribution is -2.35. The molecule has 0 saturated heterocycles. The predicted octanol–water partition coefficient (Wildman–Crippen LogP) is 3.77. The van der Waals surface area contributed by atoms with Gasteiger partial charge in [0, 0.05) is 0 Å². The van der Waals surface area contributed by atoms with E-state index in [0.717, 1.165) is 33.6 Å². The Morgan fingerprint density at radius 2 is 1.80 bits per heavy atom. The molecule has 0 aromatic heterocycles. The zero-order chi connectivity index (χ0) is 25.2. The Bertz CT molecular complexity index is 1380. The Hall–Kier alpha value is -3.44. The van der Waals surface area contributed by atoms with Crippen molar-refractivity contribution in [3.8, 4) is 11.5 Å². The van der Waals surface area contributed by atoms with Gasteiger partial charge in [-0.2, -0.15) is 10.0 Å². The molecule has 35 heavy (non-hydrogen) atoms. The first-order valence-corrected chi connectivity index (χ1v) is 13.3. The van der Waals surface area contributed by atoms with Crippen molar-refractivity contribution in [1.82, 2.24) is 5.01 Å². The molecule has 0 radical (unpaired) electrons. The summed E-state index contributed by atoms with van der Waals surface area (Å²) in [6.45, 7) is 6.27. The summed E-state index contributed by atoms with van der Waals surface area (Å²) in [5.41, 5.74) is 2.87. The van der Waals surface area contributed by atoms with Gasteiger partial charge in [-0.05, 0) is 66.6 Å². The van der Waals surface area contributed by atoms with Gasteiger partial charge in [0.2, 0.25) is 19.4 Å². The topological polar surface area (TPSA) is 121 Å². The number of benzene rings is 2. The summed E-state index contributed by atoms with van der Waals surface area (Å²) in [6, 6.07) is 13.1. The number of hydrazone groups is 1. The molecule has 182 valence electrons. The fourth-order valence-electron chi connectivity index (χ4n) is 3.22. The molecule has 1 amide bonds. The lowest BCUT2D eigenvalue weighted by Gasteiger charge is -2.20. The number of ether oxygens (including phenoxy) is 2. The number of aryl methyl sites for hydroxylation is 2. The molecular formula is C24H24N4O5S2. The number of aliphatic imine (C=N–C) groups is 1. The summed E-state index contributed by atoms with van der Waals surface area (Å²) in [5, 5.41) is 13.5. The number of rotatable bonds is 7. The number of hydrogen-bond donors (Lipinski definition) is 1. The van der Waals surface area contributed by atoms with E-state index in [-0.39, 0.29) is 26.7 Å². The van der Waals surface area contributed by atoms with Crippen LogP contribution in [0.25, 0.3) is 6.08 Å². The first-order chi connectivity index (χ1) is 16.7. The van der Waals surface area contributed by atoms with Crippen molar-refractivity contribution in [2.75, 3.05) is 19.0 Å². The van der Waals surface area contributed by atoms with Gasteiger partial charge in [0.05, 0.1) is 11.3 Å². The van der Waals surface area contributed by atoms with E-state index < -0.39 is 15.7 Å². The third-order valence-corrected chi connectivity index (χ3v) is 8.32. The molecule has 0 atom stereocenters. The minimum absolute atomic E-state index is 0.0174. The number of nitrogens with one attached hydrogen (secondary N) is 1. The monoisotopic (exact) mass is 512 g/mol. The molecule has 2 aromatic carbocycles. The summed E-state index contributed by atoms with van der Waals surface area (Å²) < 4.78 is 35.6. The lowest BCUT2D eigenvalue weighted by atomic mass is 10.1. The molecular weight excluding hydrogens is 488 g/mol. The normalized spacial score (nSPS) is 16.8. The molecule has 1 N–H and O–H groups in total. The summed E-state index contributed by atoms with van der Waals surface area (Å²) in [7, 11) is -3.57. The van der Waals surface area contributed by atoms with Crippen molar-refractivity contribution < 1.29 is 22.7 Å². The molecule has 2 aliphatic heterocycles. The molecule has 0 saturated carbocycles. The third kappa shape index (κ3) is 5.46. The average molecular weight is 513 g/mol. The van der Waals surface area contributed by atoms with Gasteiger partial charge in [0.1, 0.15) is 24.7 Å². The van der Waals surface area contributed by atoms with Gasteiger partial charge in [0.25, 0.3) is 5.91 Å². The second kappa shape index (κ2) is 10.0. The predicted molar refractivity (Wildman–Crippen MR) is 138 cm³/mol. The smallest absolute Gasteiger partial charge is 0.283 e. The van der Waals surface area contributed by atoms with Crippen LogP contribution in [0.4, 0.5) is 0 Å². The number of amides is 1. The maximum absolute atomic E-state index is 12.5. The van der Waals surface area contributed by atoms with Crippen LogP contribution in [-0.2, 0) is 14.6 Å². The largest absolute Gasteiger partial charge is 0.490 e. The molecule has 4 rings (SSSR count). The van der Waals surface area contributed by atoms with Crippen molar-refractivity contribution in [2.45, 2.75) is 20.8 Å². The number of carbonyl (C=O) groups is 1. The maximum Gasteiger partial charge on any atom is 0.283 e. The number of thioether (sulfide) groups is 1. The van der Waals surface area contributed by atoms with Crippen LogP contribution in [-0.4, -0.2) is 53.7 Å². The maximum atomic E-state index is 12.5. The van der Waals surface area contributed by atoms with Gasteiger partial charge in [-0.25, -0.2) is 8.42 Å². The average Bonchev–Trinajstić information content (AvgIpc) is 3.27. The minimum Gasteiger partial charge on any atom is -0.490 e. The van der Waals surface area contributed by atoms with Crippen LogP contribution in [0, 0.1) is 19.3 Å². The summed E-state index contributed by atoms with van der Waals surface area (Å²) in [6.07, 6.45) is 1.52. The quantitative estimate of drug-likeness (QED) is 0.443. The number of fused-ring (bicyclic) bond motifs is 1. The highest BCUT2D eigenvalue weighted by molar-refractivity contribution is 8.42. The van der Waals surface area contributed by atoms with E-state index in [4.69, 9.17) is 14.9 Å². The summed E-state index contributed by atoms with van der Waals surface area (Å²) >= 11 is 0.776. The number of hydrogen-bond acceptors (Lipinski definition) is 8. The Morgan fingerprint density at radius 3 is 2.51 bits per heavy atom. The van der Waals surface area contributed by atoms with Crippen molar-refractivity contribution in [2.24, 2.45) is 10.1 Å². The van der Waals surface area contributed by atoms with Crippen LogP contribution >= 0.6 is 11.8 Å². The summed E-state index contributed by atoms with van der Waals surface area (Å²) in [4.78, 5) is 16.4. The number of sulfone groups is 1. The zero-order valence-electron chi connectivity index (χ0n) is 19.4. The molecule has 0 fully saturated rings. The van der Waals surface area contributed by atoms with Crippen LogP contribution in [0.5, 0.6) is 11.5 Å². The third-order valence-electron chi connectivity index (χ3n) is 5.23. The Kier molecular flexibility index (Phi) is 7.08. The highest BCUT2D eigenvalue weighted by Crippen LogP contribution is 2.30. The molecule has 0 bridgehead atoms. The highest BCUT2D eigenvalue weighted by Gasteiger charge is 2.39. The SMILES string of the molecule is CCS(=O)(=O)C1=NN2C(=N)/C(=C\c3ccc(OCCOc4cc(C)ccc4C)cc3)C(=O)N=C2S1. The molecule has 2 aromatic rings. The number of nitrogens with zero attached hydrogens (tertiary/aromatic N) is 3. The van der Waals surface area contributed by atoms with E-state index in [1.165, 1.54) is 13.0 Å². The first-order valence-electron chi connectivity index (χ1n) is 10.8. The van der Waals surface area contributed by atoms with Crippen molar-refractivity contribution in [1.29, 1.82) is 5.41 Å². The molecule has 0 spiro atoms. The van der Waals surface area contributed by atoms with Crippen molar-refractivity contribution >= 4 is 49.0 Å². The molecule has 2 heterocycles. The van der Waals surface area contributed by atoms with E-state index >= 15 is 0 Å². The minimum atomic E-state index is -3.57. The summed E-state index contributed by atoms with van der Waals surface area (Å²) in [5.74, 6) is 0.495. The van der Waals surface area contributed by atoms with Gasteiger partial charge >= 0.3 is 0 Å². The van der Waals surface area contributed by atoms with E-state index in [9.17, 15) is 13.2 Å². The fraction of sp³-hybridized carbons (Fsp3) is 0.250. The number of carbonyl (C=O) groups excluding carboxylic acids is 1. The van der Waals surface area contributed by atoms with Gasteiger partial charge < -0.3 is 9.47 Å². The Morgan fingerprint density at radius 1 is 1.09 bits per heavy atom. The van der Waals surface area contributed by atoms with Crippen LogP contribution < -0.4 is 9.47 Å². The molecule has 2 aliphatic rings. The van der Waals surface area contributed by atoms with Gasteiger partial charge in [-0.1, -0.05) is 31.2 Å². The standard InChI is InChI=1S/C24H24N4O5S2/c1-4-35(30,31)24-27-28-21(25)19(22(29)26-23(28)34-24)14-17-7-9-18(10-8-17)32-11-12-33-20-13-15(2)5-6-16(20)3/h5-10,13-14,25H,4,11-12H2,1-3H3/b19-14+,25-21?. The Balaban J connectivity index is 1.39. The Labute approximate surface area is 208 Å². The zero-order valence-corrected chi connectivity index (χ0v) is 21.1. The molecule has 11 heteroatoms. The van der Waals surface area contributed by atoms with E-state index in [0.29, 0.717) is 24.5 Å². The molecule has 0 unspecified atom stereocenters. The fourth-order valence-corrected chi connectivity index (χ4v) is 5.39. The van der Waals surface area contributed by atoms with Gasteiger partial charge in [-0.15, -0.1) is 5.10 Å². The van der Waals surface area contributed by atoms with Crippen molar-refractivity contribution in [3.63, 3.8) is 0 Å². The van der Waals surface area contributed by atoms with Gasteiger partial charge in [-0.3, -0.25) is 10.2 Å². The van der Waals surface area contributed by atoms with Gasteiger partial charge in [0.15, 0.2) is 5.84 Å². The van der Waals surface area contributed by atoms with E-state index in [2.05, 4.69) is 10.1 Å². The number of amidine groups is 2. The first kappa shape index (κ1) is 24.7.